The maximum atomic E-state index is 12.3. The Labute approximate surface area is 127 Å². The summed E-state index contributed by atoms with van der Waals surface area (Å²) in [6, 6.07) is 2.19. The molecule has 0 bridgehead atoms. The van der Waals surface area contributed by atoms with Gasteiger partial charge in [-0.05, 0) is 12.0 Å². The van der Waals surface area contributed by atoms with Crippen molar-refractivity contribution in [2.75, 3.05) is 45.1 Å². The van der Waals surface area contributed by atoms with Crippen molar-refractivity contribution in [3.8, 4) is 6.07 Å². The van der Waals surface area contributed by atoms with Gasteiger partial charge in [0.1, 0.15) is 11.1 Å². The number of nitrogens with two attached hydrogens (primary N) is 1. The molecule has 3 heterocycles. The Bertz CT molecular complexity index is 587. The molecule has 0 unspecified atom stereocenters. The largest absolute Gasteiger partial charge is 0.389 e. The number of anilines is 1. The summed E-state index contributed by atoms with van der Waals surface area (Å²) in [7, 11) is 0. The van der Waals surface area contributed by atoms with E-state index in [0.717, 1.165) is 23.4 Å². The Morgan fingerprint density at radius 1 is 1.38 bits per heavy atom. The topological polar surface area (TPSA) is 82.6 Å². The third-order valence-corrected chi connectivity index (χ3v) is 5.04. The number of hydrogen-bond donors (Lipinski definition) is 1. The van der Waals surface area contributed by atoms with Crippen LogP contribution in [-0.2, 0) is 22.5 Å². The van der Waals surface area contributed by atoms with Crippen molar-refractivity contribution in [3.63, 3.8) is 0 Å². The summed E-state index contributed by atoms with van der Waals surface area (Å²) in [4.78, 5) is 17.4. The molecule has 1 aromatic heterocycles. The first-order chi connectivity index (χ1) is 10.2. The highest BCUT2D eigenvalue weighted by atomic mass is 32.1. The Kier molecular flexibility index (Phi) is 4.10. The Morgan fingerprint density at radius 3 is 2.86 bits per heavy atom. The maximum Gasteiger partial charge on any atom is 0.236 e. The van der Waals surface area contributed by atoms with Gasteiger partial charge in [-0.1, -0.05) is 0 Å². The lowest BCUT2D eigenvalue weighted by molar-refractivity contribution is -0.136. The van der Waals surface area contributed by atoms with Crippen molar-refractivity contribution in [2.24, 2.45) is 0 Å². The fourth-order valence-electron chi connectivity index (χ4n) is 2.84. The van der Waals surface area contributed by atoms with Crippen LogP contribution in [-0.4, -0.2) is 55.1 Å². The first kappa shape index (κ1) is 14.3. The van der Waals surface area contributed by atoms with Gasteiger partial charge < -0.3 is 15.4 Å². The number of nitriles is 1. The first-order valence-corrected chi connectivity index (χ1v) is 7.88. The third-order valence-electron chi connectivity index (χ3n) is 4.00. The number of ether oxygens (including phenoxy) is 1. The van der Waals surface area contributed by atoms with E-state index in [9.17, 15) is 4.79 Å². The average molecular weight is 306 g/mol. The van der Waals surface area contributed by atoms with Gasteiger partial charge in [0.2, 0.25) is 5.91 Å². The highest BCUT2D eigenvalue weighted by molar-refractivity contribution is 7.16. The van der Waals surface area contributed by atoms with E-state index in [0.29, 0.717) is 50.0 Å². The lowest BCUT2D eigenvalue weighted by atomic mass is 10.0. The molecule has 0 aromatic carbocycles. The summed E-state index contributed by atoms with van der Waals surface area (Å²) in [5.74, 6) is 0.159. The summed E-state index contributed by atoms with van der Waals surface area (Å²) in [6.07, 6.45) is 0.794. The smallest absolute Gasteiger partial charge is 0.236 e. The molecule has 0 atom stereocenters. The third kappa shape index (κ3) is 2.88. The number of rotatable bonds is 2. The number of thiophene rings is 1. The molecule has 7 heteroatoms. The minimum Gasteiger partial charge on any atom is -0.389 e. The Hall–Kier alpha value is -1.62. The van der Waals surface area contributed by atoms with E-state index < -0.39 is 0 Å². The van der Waals surface area contributed by atoms with E-state index in [4.69, 9.17) is 15.7 Å². The quantitative estimate of drug-likeness (QED) is 0.856. The predicted molar refractivity (Wildman–Crippen MR) is 79.8 cm³/mol. The van der Waals surface area contributed by atoms with Crippen LogP contribution in [0.15, 0.2) is 0 Å². The monoisotopic (exact) mass is 306 g/mol. The second-order valence-electron chi connectivity index (χ2n) is 5.31. The zero-order chi connectivity index (χ0) is 14.8. The summed E-state index contributed by atoms with van der Waals surface area (Å²) < 4.78 is 5.26. The van der Waals surface area contributed by atoms with Crippen molar-refractivity contribution in [3.05, 3.63) is 16.0 Å². The fraction of sp³-hybridized carbons (Fsp3) is 0.571. The van der Waals surface area contributed by atoms with Gasteiger partial charge in [-0.2, -0.15) is 5.26 Å². The predicted octanol–water partition coefficient (Wildman–Crippen LogP) is 0.419. The van der Waals surface area contributed by atoms with Crippen LogP contribution in [0.1, 0.15) is 16.0 Å². The molecule has 112 valence electrons. The van der Waals surface area contributed by atoms with Crippen LogP contribution in [0.25, 0.3) is 0 Å². The molecule has 2 aliphatic rings. The van der Waals surface area contributed by atoms with Crippen molar-refractivity contribution in [1.82, 2.24) is 9.80 Å². The molecule has 0 aliphatic carbocycles. The molecule has 0 saturated carbocycles. The van der Waals surface area contributed by atoms with Crippen LogP contribution in [0.2, 0.25) is 0 Å². The van der Waals surface area contributed by atoms with Crippen LogP contribution < -0.4 is 5.73 Å². The molecule has 1 aromatic rings. The standard InChI is InChI=1S/C14H18N4O2S/c15-7-11-10-1-2-17(8-12(10)21-14(11)16)9-13(19)18-3-5-20-6-4-18/h1-6,8-9,16H2. The van der Waals surface area contributed by atoms with Crippen LogP contribution in [0, 0.1) is 11.3 Å². The van der Waals surface area contributed by atoms with Crippen LogP contribution in [0.3, 0.4) is 0 Å². The van der Waals surface area contributed by atoms with Crippen molar-refractivity contribution in [2.45, 2.75) is 13.0 Å². The minimum atomic E-state index is 0.159. The molecule has 21 heavy (non-hydrogen) atoms. The normalized spacial score (nSPS) is 19.1. The number of carbonyl (C=O) groups excluding carboxylic acids is 1. The number of morpholine rings is 1. The summed E-state index contributed by atoms with van der Waals surface area (Å²) in [6.45, 7) is 4.56. The van der Waals surface area contributed by atoms with E-state index in [2.05, 4.69) is 11.0 Å². The number of nitrogens with zero attached hydrogens (tertiary/aromatic N) is 3. The molecule has 1 amide bonds. The fourth-order valence-corrected chi connectivity index (χ4v) is 3.95. The number of hydrogen-bond acceptors (Lipinski definition) is 6. The lowest BCUT2D eigenvalue weighted by Gasteiger charge is -2.31. The Balaban J connectivity index is 1.64. The number of amides is 1. The van der Waals surface area contributed by atoms with E-state index in [1.165, 1.54) is 11.3 Å². The molecule has 3 rings (SSSR count). The van der Waals surface area contributed by atoms with Gasteiger partial charge in [-0.3, -0.25) is 9.69 Å². The lowest BCUT2D eigenvalue weighted by Crippen LogP contribution is -2.46. The van der Waals surface area contributed by atoms with E-state index in [1.54, 1.807) is 0 Å². The van der Waals surface area contributed by atoms with E-state index >= 15 is 0 Å². The van der Waals surface area contributed by atoms with Crippen LogP contribution in [0.4, 0.5) is 5.00 Å². The van der Waals surface area contributed by atoms with Gasteiger partial charge in [0.05, 0.1) is 25.3 Å². The van der Waals surface area contributed by atoms with Gasteiger partial charge in [0, 0.05) is 31.1 Å². The highest BCUT2D eigenvalue weighted by Gasteiger charge is 2.26. The summed E-state index contributed by atoms with van der Waals surface area (Å²) >= 11 is 1.48. The van der Waals surface area contributed by atoms with Gasteiger partial charge in [0.25, 0.3) is 0 Å². The van der Waals surface area contributed by atoms with Crippen molar-refractivity contribution in [1.29, 1.82) is 5.26 Å². The second-order valence-corrected chi connectivity index (χ2v) is 6.45. The zero-order valence-electron chi connectivity index (χ0n) is 11.8. The van der Waals surface area contributed by atoms with Gasteiger partial charge in [-0.25, -0.2) is 0 Å². The molecular weight excluding hydrogens is 288 g/mol. The number of nitrogen functional groups attached to an aromatic ring is 1. The second kappa shape index (κ2) is 6.02. The van der Waals surface area contributed by atoms with E-state index in [1.807, 2.05) is 4.90 Å². The average Bonchev–Trinajstić information content (AvgIpc) is 2.82. The molecule has 2 N–H and O–H groups in total. The minimum absolute atomic E-state index is 0.159. The summed E-state index contributed by atoms with van der Waals surface area (Å²) in [5, 5.41) is 9.74. The molecule has 1 saturated heterocycles. The van der Waals surface area contributed by atoms with Gasteiger partial charge >= 0.3 is 0 Å². The SMILES string of the molecule is N#Cc1c(N)sc2c1CCN(CC(=O)N1CCOCC1)C2. The Morgan fingerprint density at radius 2 is 2.14 bits per heavy atom. The summed E-state index contributed by atoms with van der Waals surface area (Å²) in [5.41, 5.74) is 7.60. The van der Waals surface area contributed by atoms with Gasteiger partial charge in [0.15, 0.2) is 0 Å². The number of fused-ring (bicyclic) bond motifs is 1. The first-order valence-electron chi connectivity index (χ1n) is 7.07. The van der Waals surface area contributed by atoms with Crippen LogP contribution >= 0.6 is 11.3 Å². The van der Waals surface area contributed by atoms with E-state index in [-0.39, 0.29) is 5.91 Å². The van der Waals surface area contributed by atoms with Crippen molar-refractivity contribution < 1.29 is 9.53 Å². The molecule has 1 fully saturated rings. The molecule has 6 nitrogen and oxygen atoms in total. The van der Waals surface area contributed by atoms with Crippen molar-refractivity contribution >= 4 is 22.2 Å². The molecule has 0 spiro atoms. The maximum absolute atomic E-state index is 12.3. The highest BCUT2D eigenvalue weighted by Crippen LogP contribution is 2.34. The number of carbonyl (C=O) groups is 1. The molecular formula is C14H18N4O2S. The molecule has 2 aliphatic heterocycles. The van der Waals surface area contributed by atoms with Gasteiger partial charge in [-0.15, -0.1) is 11.3 Å². The molecule has 0 radical (unpaired) electrons. The zero-order valence-corrected chi connectivity index (χ0v) is 12.6. The van der Waals surface area contributed by atoms with Crippen LogP contribution in [0.5, 0.6) is 0 Å².